The van der Waals surface area contributed by atoms with Gasteiger partial charge in [-0.05, 0) is 50.4 Å². The number of piperidine rings is 1. The summed E-state index contributed by atoms with van der Waals surface area (Å²) in [5, 5.41) is 3.30. The molecule has 0 atom stereocenters. The Morgan fingerprint density at radius 2 is 2.14 bits per heavy atom. The maximum atomic E-state index is 12.4. The van der Waals surface area contributed by atoms with E-state index in [-0.39, 0.29) is 18.6 Å². The predicted octanol–water partition coefficient (Wildman–Crippen LogP) is 1.34. The molecule has 1 aliphatic heterocycles. The second-order valence-electron chi connectivity index (χ2n) is 5.87. The first-order valence-electron chi connectivity index (χ1n) is 7.83. The van der Waals surface area contributed by atoms with E-state index in [1.54, 1.807) is 6.20 Å². The zero-order valence-corrected chi connectivity index (χ0v) is 12.3. The number of nitrogens with zero attached hydrogens (tertiary/aromatic N) is 2. The zero-order valence-electron chi connectivity index (χ0n) is 12.3. The van der Waals surface area contributed by atoms with Crippen molar-refractivity contribution < 1.29 is 9.53 Å². The highest BCUT2D eigenvalue weighted by molar-refractivity contribution is 5.78. The number of rotatable bonds is 6. The van der Waals surface area contributed by atoms with E-state index < -0.39 is 0 Å². The molecule has 0 radical (unpaired) electrons. The Morgan fingerprint density at radius 1 is 1.33 bits per heavy atom. The molecule has 5 nitrogen and oxygen atoms in total. The molecule has 2 fully saturated rings. The predicted molar refractivity (Wildman–Crippen MR) is 79.7 cm³/mol. The minimum absolute atomic E-state index is 0.111. The van der Waals surface area contributed by atoms with Crippen molar-refractivity contribution in [3.05, 3.63) is 30.1 Å². The van der Waals surface area contributed by atoms with Crippen molar-refractivity contribution in [2.24, 2.45) is 0 Å². The van der Waals surface area contributed by atoms with Crippen molar-refractivity contribution in [1.29, 1.82) is 0 Å². The molecule has 2 heterocycles. The molecular weight excluding hydrogens is 266 g/mol. The van der Waals surface area contributed by atoms with Crippen molar-refractivity contribution in [2.45, 2.75) is 44.4 Å². The minimum atomic E-state index is 0.111. The van der Waals surface area contributed by atoms with Gasteiger partial charge in [0.05, 0.1) is 6.10 Å². The van der Waals surface area contributed by atoms with Gasteiger partial charge in [-0.15, -0.1) is 0 Å². The molecule has 1 aliphatic carbocycles. The summed E-state index contributed by atoms with van der Waals surface area (Å²) >= 11 is 0. The fraction of sp³-hybridized carbons (Fsp3) is 0.625. The first-order valence-corrected chi connectivity index (χ1v) is 7.83. The van der Waals surface area contributed by atoms with Crippen LogP contribution in [0.5, 0.6) is 0 Å². The van der Waals surface area contributed by atoms with Gasteiger partial charge in [-0.3, -0.25) is 9.78 Å². The summed E-state index contributed by atoms with van der Waals surface area (Å²) in [6, 6.07) is 4.33. The SMILES string of the molecule is O=C(COC1CCNCC1)N(Cc1cccnc1)C1CC1. The third kappa shape index (κ3) is 4.25. The van der Waals surface area contributed by atoms with E-state index in [0.29, 0.717) is 12.6 Å². The lowest BCUT2D eigenvalue weighted by Gasteiger charge is -2.26. The summed E-state index contributed by atoms with van der Waals surface area (Å²) < 4.78 is 5.79. The monoisotopic (exact) mass is 289 g/mol. The summed E-state index contributed by atoms with van der Waals surface area (Å²) in [4.78, 5) is 18.5. The van der Waals surface area contributed by atoms with Gasteiger partial charge in [-0.2, -0.15) is 0 Å². The Kier molecular flexibility index (Phi) is 4.83. The number of amides is 1. The third-order valence-electron chi connectivity index (χ3n) is 4.11. The van der Waals surface area contributed by atoms with Crippen molar-refractivity contribution in [1.82, 2.24) is 15.2 Å². The van der Waals surface area contributed by atoms with Crippen LogP contribution in [0.1, 0.15) is 31.2 Å². The van der Waals surface area contributed by atoms with Gasteiger partial charge < -0.3 is 15.0 Å². The topological polar surface area (TPSA) is 54.5 Å². The van der Waals surface area contributed by atoms with Gasteiger partial charge in [0.15, 0.2) is 0 Å². The van der Waals surface area contributed by atoms with E-state index in [1.807, 2.05) is 23.2 Å². The largest absolute Gasteiger partial charge is 0.368 e. The summed E-state index contributed by atoms with van der Waals surface area (Å²) in [6.45, 7) is 2.83. The van der Waals surface area contributed by atoms with Crippen molar-refractivity contribution >= 4 is 5.91 Å². The molecule has 5 heteroatoms. The van der Waals surface area contributed by atoms with E-state index in [2.05, 4.69) is 10.3 Å². The highest BCUT2D eigenvalue weighted by Gasteiger charge is 2.32. The van der Waals surface area contributed by atoms with Crippen molar-refractivity contribution in [2.75, 3.05) is 19.7 Å². The van der Waals surface area contributed by atoms with Gasteiger partial charge in [-0.25, -0.2) is 0 Å². The zero-order chi connectivity index (χ0) is 14.5. The third-order valence-corrected chi connectivity index (χ3v) is 4.11. The number of carbonyl (C=O) groups is 1. The smallest absolute Gasteiger partial charge is 0.249 e. The molecule has 0 spiro atoms. The van der Waals surface area contributed by atoms with Gasteiger partial charge in [0.1, 0.15) is 6.61 Å². The van der Waals surface area contributed by atoms with Crippen LogP contribution >= 0.6 is 0 Å². The quantitative estimate of drug-likeness (QED) is 0.858. The molecule has 0 bridgehead atoms. The molecular formula is C16H23N3O2. The molecule has 114 valence electrons. The molecule has 2 aliphatic rings. The number of nitrogens with one attached hydrogen (secondary N) is 1. The molecule has 1 N–H and O–H groups in total. The van der Waals surface area contributed by atoms with Gasteiger partial charge in [0.25, 0.3) is 0 Å². The highest BCUT2D eigenvalue weighted by Crippen LogP contribution is 2.28. The number of hydrogen-bond acceptors (Lipinski definition) is 4. The van der Waals surface area contributed by atoms with Crippen LogP contribution in [0.3, 0.4) is 0 Å². The molecule has 1 aromatic rings. The number of aromatic nitrogens is 1. The lowest BCUT2D eigenvalue weighted by atomic mass is 10.1. The number of hydrogen-bond donors (Lipinski definition) is 1. The minimum Gasteiger partial charge on any atom is -0.368 e. The van der Waals surface area contributed by atoms with Gasteiger partial charge in [0, 0.05) is 25.0 Å². The fourth-order valence-electron chi connectivity index (χ4n) is 2.73. The van der Waals surface area contributed by atoms with Crippen LogP contribution in [0.2, 0.25) is 0 Å². The van der Waals surface area contributed by atoms with Crippen LogP contribution in [-0.4, -0.2) is 47.6 Å². The molecule has 3 rings (SSSR count). The average molecular weight is 289 g/mol. The Bertz CT molecular complexity index is 456. The number of carbonyl (C=O) groups excluding carboxylic acids is 1. The summed E-state index contributed by atoms with van der Waals surface area (Å²) in [5.41, 5.74) is 1.08. The first kappa shape index (κ1) is 14.5. The van der Waals surface area contributed by atoms with E-state index >= 15 is 0 Å². The van der Waals surface area contributed by atoms with Crippen LogP contribution in [0.25, 0.3) is 0 Å². The Labute approximate surface area is 125 Å². The van der Waals surface area contributed by atoms with E-state index in [9.17, 15) is 4.79 Å². The molecule has 1 saturated heterocycles. The first-order chi connectivity index (χ1) is 10.3. The lowest BCUT2D eigenvalue weighted by molar-refractivity contribution is -0.140. The molecule has 1 amide bonds. The molecule has 0 unspecified atom stereocenters. The van der Waals surface area contributed by atoms with E-state index in [4.69, 9.17) is 4.74 Å². The maximum absolute atomic E-state index is 12.4. The fourth-order valence-corrected chi connectivity index (χ4v) is 2.73. The van der Waals surface area contributed by atoms with Crippen LogP contribution in [0.4, 0.5) is 0 Å². The average Bonchev–Trinajstić information content (AvgIpc) is 3.37. The van der Waals surface area contributed by atoms with Crippen LogP contribution in [-0.2, 0) is 16.1 Å². The molecule has 21 heavy (non-hydrogen) atoms. The molecule has 1 aromatic heterocycles. The van der Waals surface area contributed by atoms with Gasteiger partial charge >= 0.3 is 0 Å². The van der Waals surface area contributed by atoms with E-state index in [1.165, 1.54) is 0 Å². The van der Waals surface area contributed by atoms with Crippen molar-refractivity contribution in [3.8, 4) is 0 Å². The molecule has 1 saturated carbocycles. The lowest BCUT2D eigenvalue weighted by Crippen LogP contribution is -2.38. The van der Waals surface area contributed by atoms with Crippen molar-refractivity contribution in [3.63, 3.8) is 0 Å². The van der Waals surface area contributed by atoms with Crippen LogP contribution < -0.4 is 5.32 Å². The standard InChI is InChI=1S/C16H23N3O2/c20-16(12-21-15-5-8-17-9-6-15)19(14-3-4-14)11-13-2-1-7-18-10-13/h1-2,7,10,14-15,17H,3-6,8-9,11-12H2. The highest BCUT2D eigenvalue weighted by atomic mass is 16.5. The summed E-state index contributed by atoms with van der Waals surface area (Å²) in [6.07, 6.45) is 8.04. The second kappa shape index (κ2) is 7.00. The van der Waals surface area contributed by atoms with Crippen LogP contribution in [0, 0.1) is 0 Å². The van der Waals surface area contributed by atoms with E-state index in [0.717, 1.165) is 44.3 Å². The van der Waals surface area contributed by atoms with Gasteiger partial charge in [0.2, 0.25) is 5.91 Å². The number of pyridine rings is 1. The second-order valence-corrected chi connectivity index (χ2v) is 5.87. The Morgan fingerprint density at radius 3 is 2.81 bits per heavy atom. The Hall–Kier alpha value is -1.46. The summed E-state index contributed by atoms with van der Waals surface area (Å²) in [5.74, 6) is 0.111. The normalized spacial score (nSPS) is 19.4. The number of ether oxygens (including phenoxy) is 1. The van der Waals surface area contributed by atoms with Gasteiger partial charge in [-0.1, -0.05) is 6.07 Å². The Balaban J connectivity index is 1.52. The molecule has 0 aromatic carbocycles. The maximum Gasteiger partial charge on any atom is 0.249 e. The van der Waals surface area contributed by atoms with Crippen LogP contribution in [0.15, 0.2) is 24.5 Å². The summed E-state index contributed by atoms with van der Waals surface area (Å²) in [7, 11) is 0.